The van der Waals surface area contributed by atoms with Gasteiger partial charge in [-0.15, -0.1) is 0 Å². The zero-order valence-electron chi connectivity index (χ0n) is 12.4. The van der Waals surface area contributed by atoms with Gasteiger partial charge in [-0.2, -0.15) is 0 Å². The normalized spacial score (nSPS) is 35.7. The molecular formula is C17H29NO. The zero-order valence-corrected chi connectivity index (χ0v) is 12.4. The van der Waals surface area contributed by atoms with Crippen LogP contribution in [-0.4, -0.2) is 11.9 Å². The van der Waals surface area contributed by atoms with Gasteiger partial charge >= 0.3 is 0 Å². The molecule has 0 heterocycles. The first-order valence-electron chi connectivity index (χ1n) is 8.51. The Hall–Kier alpha value is -0.530. The lowest BCUT2D eigenvalue weighted by atomic mass is 9.84. The van der Waals surface area contributed by atoms with Gasteiger partial charge in [0.25, 0.3) is 0 Å². The van der Waals surface area contributed by atoms with E-state index in [0.29, 0.717) is 11.9 Å². The molecule has 0 aromatic carbocycles. The molecule has 4 atom stereocenters. The smallest absolute Gasteiger partial charge is 0.220 e. The molecule has 2 nitrogen and oxygen atoms in total. The fourth-order valence-electron chi connectivity index (χ4n) is 4.97. The zero-order chi connectivity index (χ0) is 13.2. The molecule has 0 radical (unpaired) electrons. The maximum absolute atomic E-state index is 12.1. The van der Waals surface area contributed by atoms with E-state index in [4.69, 9.17) is 0 Å². The summed E-state index contributed by atoms with van der Waals surface area (Å²) >= 11 is 0. The van der Waals surface area contributed by atoms with Crippen molar-refractivity contribution in [2.75, 3.05) is 0 Å². The topological polar surface area (TPSA) is 29.1 Å². The lowest BCUT2D eigenvalue weighted by Gasteiger charge is -2.28. The fraction of sp³-hybridized carbons (Fsp3) is 0.941. The van der Waals surface area contributed by atoms with Crippen LogP contribution in [0.2, 0.25) is 0 Å². The van der Waals surface area contributed by atoms with Crippen molar-refractivity contribution >= 4 is 5.91 Å². The van der Waals surface area contributed by atoms with Crippen molar-refractivity contribution in [3.63, 3.8) is 0 Å². The predicted octanol–water partition coefficient (Wildman–Crippen LogP) is 3.90. The van der Waals surface area contributed by atoms with E-state index >= 15 is 0 Å². The van der Waals surface area contributed by atoms with E-state index in [1.165, 1.54) is 51.4 Å². The van der Waals surface area contributed by atoms with E-state index in [-0.39, 0.29) is 0 Å². The van der Waals surface area contributed by atoms with Crippen molar-refractivity contribution in [3.8, 4) is 0 Å². The molecule has 0 aliphatic heterocycles. The largest absolute Gasteiger partial charge is 0.353 e. The summed E-state index contributed by atoms with van der Waals surface area (Å²) in [5.41, 5.74) is 0. The van der Waals surface area contributed by atoms with Crippen LogP contribution in [0.4, 0.5) is 0 Å². The van der Waals surface area contributed by atoms with E-state index in [2.05, 4.69) is 12.2 Å². The first-order valence-corrected chi connectivity index (χ1v) is 8.51. The maximum atomic E-state index is 12.1. The van der Waals surface area contributed by atoms with Crippen molar-refractivity contribution in [1.82, 2.24) is 5.32 Å². The molecule has 108 valence electrons. The van der Waals surface area contributed by atoms with Gasteiger partial charge in [0.1, 0.15) is 0 Å². The van der Waals surface area contributed by atoms with Gasteiger partial charge < -0.3 is 5.32 Å². The van der Waals surface area contributed by atoms with E-state index in [1.54, 1.807) is 0 Å². The monoisotopic (exact) mass is 263 g/mol. The molecule has 2 heteroatoms. The Morgan fingerprint density at radius 3 is 2.58 bits per heavy atom. The van der Waals surface area contributed by atoms with Gasteiger partial charge in [-0.25, -0.2) is 0 Å². The number of amides is 1. The van der Waals surface area contributed by atoms with Crippen LogP contribution in [0.3, 0.4) is 0 Å². The summed E-state index contributed by atoms with van der Waals surface area (Å²) in [5, 5.41) is 3.29. The van der Waals surface area contributed by atoms with Crippen LogP contribution in [0.5, 0.6) is 0 Å². The molecule has 3 rings (SSSR count). The second-order valence-corrected chi connectivity index (χ2v) is 7.38. The Bertz CT molecular complexity index is 321. The van der Waals surface area contributed by atoms with Crippen LogP contribution in [0, 0.1) is 23.7 Å². The highest BCUT2D eigenvalue weighted by molar-refractivity contribution is 5.76. The third-order valence-corrected chi connectivity index (χ3v) is 6.08. The summed E-state index contributed by atoms with van der Waals surface area (Å²) in [4.78, 5) is 12.1. The minimum absolute atomic E-state index is 0.308. The van der Waals surface area contributed by atoms with Crippen LogP contribution in [0.25, 0.3) is 0 Å². The van der Waals surface area contributed by atoms with Crippen molar-refractivity contribution in [2.24, 2.45) is 23.7 Å². The Morgan fingerprint density at radius 2 is 1.95 bits per heavy atom. The number of hydrogen-bond acceptors (Lipinski definition) is 1. The molecule has 0 spiro atoms. The van der Waals surface area contributed by atoms with Gasteiger partial charge in [-0.05, 0) is 56.3 Å². The molecule has 1 amide bonds. The predicted molar refractivity (Wildman–Crippen MR) is 77.7 cm³/mol. The minimum Gasteiger partial charge on any atom is -0.353 e. The summed E-state index contributed by atoms with van der Waals surface area (Å²) in [6.07, 6.45) is 13.0. The van der Waals surface area contributed by atoms with Gasteiger partial charge in [0.05, 0.1) is 0 Å². The van der Waals surface area contributed by atoms with Gasteiger partial charge in [-0.3, -0.25) is 4.79 Å². The summed E-state index contributed by atoms with van der Waals surface area (Å²) in [7, 11) is 0. The quantitative estimate of drug-likeness (QED) is 0.801. The van der Waals surface area contributed by atoms with Crippen LogP contribution in [0.15, 0.2) is 0 Å². The molecule has 0 aromatic rings. The number of hydrogen-bond donors (Lipinski definition) is 1. The van der Waals surface area contributed by atoms with E-state index in [0.717, 1.165) is 36.5 Å². The van der Waals surface area contributed by atoms with Gasteiger partial charge in [-0.1, -0.05) is 32.1 Å². The second-order valence-electron chi connectivity index (χ2n) is 7.38. The van der Waals surface area contributed by atoms with E-state index in [1.807, 2.05) is 0 Å². The number of fused-ring (bicyclic) bond motifs is 2. The highest BCUT2D eigenvalue weighted by atomic mass is 16.1. The number of rotatable bonds is 5. The highest BCUT2D eigenvalue weighted by Gasteiger charge is 2.42. The Morgan fingerprint density at radius 1 is 1.16 bits per heavy atom. The molecule has 3 aliphatic rings. The third kappa shape index (κ3) is 3.14. The molecule has 0 saturated heterocycles. The molecule has 3 saturated carbocycles. The standard InChI is InChI=1S/C17H29NO/c1-12(16-11-14-6-8-15(16)10-14)18-17(19)9-7-13-4-2-3-5-13/h12-16H,2-11H2,1H3,(H,18,19)/t12-,14-,15-,16+/m1/s1. The first kappa shape index (κ1) is 13.5. The Labute approximate surface area is 117 Å². The van der Waals surface area contributed by atoms with Crippen molar-refractivity contribution < 1.29 is 4.79 Å². The van der Waals surface area contributed by atoms with Crippen LogP contribution in [0.1, 0.15) is 71.1 Å². The van der Waals surface area contributed by atoms with E-state index < -0.39 is 0 Å². The number of carbonyl (C=O) groups excluding carboxylic acids is 1. The average molecular weight is 263 g/mol. The molecule has 3 aliphatic carbocycles. The molecule has 3 fully saturated rings. The van der Waals surface area contributed by atoms with Crippen molar-refractivity contribution in [3.05, 3.63) is 0 Å². The molecule has 19 heavy (non-hydrogen) atoms. The summed E-state index contributed by atoms with van der Waals surface area (Å²) < 4.78 is 0. The molecule has 0 aromatic heterocycles. The van der Waals surface area contributed by atoms with Gasteiger partial charge in [0.2, 0.25) is 5.91 Å². The summed E-state index contributed by atoms with van der Waals surface area (Å²) in [5.74, 6) is 3.81. The van der Waals surface area contributed by atoms with Crippen molar-refractivity contribution in [1.29, 1.82) is 0 Å². The molecule has 0 unspecified atom stereocenters. The van der Waals surface area contributed by atoms with E-state index in [9.17, 15) is 4.79 Å². The summed E-state index contributed by atoms with van der Waals surface area (Å²) in [6.45, 7) is 2.23. The van der Waals surface area contributed by atoms with Gasteiger partial charge in [0.15, 0.2) is 0 Å². The van der Waals surface area contributed by atoms with Crippen LogP contribution < -0.4 is 5.32 Å². The minimum atomic E-state index is 0.308. The Kier molecular flexibility index (Phi) is 4.14. The summed E-state index contributed by atoms with van der Waals surface area (Å²) in [6, 6.07) is 0.409. The highest BCUT2D eigenvalue weighted by Crippen LogP contribution is 2.49. The average Bonchev–Trinajstić information content (AvgIpc) is 3.13. The second kappa shape index (κ2) is 5.85. The molecule has 2 bridgehead atoms. The number of carbonyl (C=O) groups is 1. The lowest BCUT2D eigenvalue weighted by molar-refractivity contribution is -0.122. The fourth-order valence-corrected chi connectivity index (χ4v) is 4.97. The molecular weight excluding hydrogens is 234 g/mol. The first-order chi connectivity index (χ1) is 9.22. The maximum Gasteiger partial charge on any atom is 0.220 e. The SMILES string of the molecule is C[C@@H](NC(=O)CCC1CCCC1)[C@@H]1C[C@@H]2CC[C@@H]1C2. The Balaban J connectivity index is 1.39. The number of nitrogens with one attached hydrogen (secondary N) is 1. The lowest BCUT2D eigenvalue weighted by Crippen LogP contribution is -2.40. The molecule has 1 N–H and O–H groups in total. The third-order valence-electron chi connectivity index (χ3n) is 6.08. The van der Waals surface area contributed by atoms with Crippen LogP contribution in [-0.2, 0) is 4.79 Å². The van der Waals surface area contributed by atoms with Crippen molar-refractivity contribution in [2.45, 2.75) is 77.2 Å². The van der Waals surface area contributed by atoms with Crippen LogP contribution >= 0.6 is 0 Å². The van der Waals surface area contributed by atoms with Gasteiger partial charge in [0, 0.05) is 12.5 Å².